The Morgan fingerprint density at radius 1 is 0.833 bits per heavy atom. The number of hydrogen-bond acceptors (Lipinski definition) is 4. The number of hydrogen-bond donors (Lipinski definition) is 1. The summed E-state index contributed by atoms with van der Waals surface area (Å²) in [7, 11) is 1.70. The Bertz CT molecular complexity index is 1400. The van der Waals surface area contributed by atoms with Crippen molar-refractivity contribution in [3.63, 3.8) is 0 Å². The van der Waals surface area contributed by atoms with E-state index < -0.39 is 6.17 Å². The van der Waals surface area contributed by atoms with Crippen molar-refractivity contribution >= 4 is 23.2 Å². The van der Waals surface area contributed by atoms with Crippen molar-refractivity contribution in [1.29, 1.82) is 0 Å². The minimum atomic E-state index is -1.04. The van der Waals surface area contributed by atoms with Crippen molar-refractivity contribution in [2.24, 2.45) is 4.99 Å². The number of amides is 2. The van der Waals surface area contributed by atoms with Crippen LogP contribution in [0.1, 0.15) is 16.7 Å². The molecule has 178 valence electrons. The van der Waals surface area contributed by atoms with E-state index in [-0.39, 0.29) is 18.2 Å². The van der Waals surface area contributed by atoms with Crippen LogP contribution in [0, 0.1) is 0 Å². The van der Waals surface area contributed by atoms with E-state index in [2.05, 4.69) is 5.32 Å². The molecule has 0 radical (unpaired) electrons. The summed E-state index contributed by atoms with van der Waals surface area (Å²) < 4.78 is 5.82. The Labute approximate surface area is 209 Å². The third-order valence-electron chi connectivity index (χ3n) is 5.96. The van der Waals surface area contributed by atoms with Crippen molar-refractivity contribution < 1.29 is 14.3 Å². The highest BCUT2D eigenvalue weighted by atomic mass is 16.5. The number of carbonyl (C=O) groups is 2. The van der Waals surface area contributed by atoms with Gasteiger partial charge in [0.25, 0.3) is 5.91 Å². The summed E-state index contributed by atoms with van der Waals surface area (Å²) in [5.74, 6) is 0.835. The smallest absolute Gasteiger partial charge is 0.272 e. The Balaban J connectivity index is 1.34. The molecule has 1 aliphatic heterocycles. The maximum Gasteiger partial charge on any atom is 0.272 e. The second-order valence-corrected chi connectivity index (χ2v) is 8.46. The third-order valence-corrected chi connectivity index (χ3v) is 5.96. The van der Waals surface area contributed by atoms with Gasteiger partial charge in [0.15, 0.2) is 0 Å². The molecule has 1 heterocycles. The zero-order valence-corrected chi connectivity index (χ0v) is 19.8. The fourth-order valence-corrected chi connectivity index (χ4v) is 4.13. The minimum Gasteiger partial charge on any atom is -0.457 e. The summed E-state index contributed by atoms with van der Waals surface area (Å²) in [6, 6.07) is 34.1. The number of anilines is 1. The Morgan fingerprint density at radius 3 is 2.17 bits per heavy atom. The highest BCUT2D eigenvalue weighted by Gasteiger charge is 2.30. The second-order valence-electron chi connectivity index (χ2n) is 8.46. The number of para-hydroxylation sites is 2. The molecular formula is C30H25N3O3. The van der Waals surface area contributed by atoms with Crippen LogP contribution in [-0.4, -0.2) is 30.7 Å². The number of nitrogens with zero attached hydrogens (tertiary/aromatic N) is 2. The normalized spacial score (nSPS) is 14.9. The van der Waals surface area contributed by atoms with E-state index in [0.717, 1.165) is 28.1 Å². The molecule has 1 N–H and O–H groups in total. The number of carbonyl (C=O) groups excluding carboxylic acids is 2. The number of ether oxygens (including phenoxy) is 1. The van der Waals surface area contributed by atoms with Gasteiger partial charge in [-0.05, 0) is 35.9 Å². The lowest BCUT2D eigenvalue weighted by Gasteiger charge is -2.20. The highest BCUT2D eigenvalue weighted by molar-refractivity contribution is 6.20. The number of benzodiazepines with no additional fused rings is 1. The van der Waals surface area contributed by atoms with Crippen molar-refractivity contribution in [3.8, 4) is 11.5 Å². The minimum absolute atomic E-state index is 0.113. The first kappa shape index (κ1) is 23.1. The van der Waals surface area contributed by atoms with E-state index in [1.165, 1.54) is 0 Å². The number of fused-ring (bicyclic) bond motifs is 1. The van der Waals surface area contributed by atoms with Gasteiger partial charge < -0.3 is 15.0 Å². The fraction of sp³-hybridized carbons (Fsp3) is 0.100. The number of aliphatic imine (C=N–C) groups is 1. The Hall–Kier alpha value is -4.71. The second kappa shape index (κ2) is 10.3. The molecule has 0 spiro atoms. The van der Waals surface area contributed by atoms with E-state index in [0.29, 0.717) is 11.5 Å². The highest BCUT2D eigenvalue weighted by Crippen LogP contribution is 2.27. The predicted molar refractivity (Wildman–Crippen MR) is 141 cm³/mol. The van der Waals surface area contributed by atoms with Crippen molar-refractivity contribution in [1.82, 2.24) is 5.32 Å². The van der Waals surface area contributed by atoms with E-state index in [4.69, 9.17) is 9.73 Å². The van der Waals surface area contributed by atoms with Crippen molar-refractivity contribution in [3.05, 3.63) is 126 Å². The molecule has 5 rings (SSSR count). The standard InChI is InChI=1S/C30H25N3O3/c1-33-26-15-9-8-14-25(26)28(22-10-4-2-5-11-22)32-29(30(33)35)31-27(34)20-21-16-18-24(19-17-21)36-23-12-6-3-7-13-23/h2-19,29H,20H2,1H3,(H,31,34)/t29-/m1/s1. The largest absolute Gasteiger partial charge is 0.457 e. The Morgan fingerprint density at radius 2 is 1.44 bits per heavy atom. The zero-order valence-electron chi connectivity index (χ0n) is 19.8. The molecule has 0 aliphatic carbocycles. The van der Waals surface area contributed by atoms with Gasteiger partial charge in [0.05, 0.1) is 17.8 Å². The van der Waals surface area contributed by atoms with Gasteiger partial charge in [-0.15, -0.1) is 0 Å². The van der Waals surface area contributed by atoms with Gasteiger partial charge in [0.2, 0.25) is 12.1 Å². The van der Waals surface area contributed by atoms with Gasteiger partial charge in [-0.25, -0.2) is 4.99 Å². The van der Waals surface area contributed by atoms with Gasteiger partial charge >= 0.3 is 0 Å². The molecule has 1 aliphatic rings. The van der Waals surface area contributed by atoms with Crippen LogP contribution in [0.25, 0.3) is 0 Å². The van der Waals surface area contributed by atoms with Gasteiger partial charge in [0, 0.05) is 18.2 Å². The first-order valence-electron chi connectivity index (χ1n) is 11.7. The van der Waals surface area contributed by atoms with Gasteiger partial charge in [-0.1, -0.05) is 78.9 Å². The van der Waals surface area contributed by atoms with Crippen molar-refractivity contribution in [2.45, 2.75) is 12.6 Å². The van der Waals surface area contributed by atoms with E-state index >= 15 is 0 Å². The van der Waals surface area contributed by atoms with Gasteiger partial charge in [-0.3, -0.25) is 9.59 Å². The summed E-state index contributed by atoms with van der Waals surface area (Å²) in [6.07, 6.45) is -0.923. The lowest BCUT2D eigenvalue weighted by Crippen LogP contribution is -2.46. The summed E-state index contributed by atoms with van der Waals surface area (Å²) >= 11 is 0. The lowest BCUT2D eigenvalue weighted by molar-refractivity contribution is -0.126. The Kier molecular flexibility index (Phi) is 6.58. The molecule has 0 unspecified atom stereocenters. The maximum absolute atomic E-state index is 13.3. The monoisotopic (exact) mass is 475 g/mol. The van der Waals surface area contributed by atoms with E-state index in [1.807, 2.05) is 109 Å². The molecule has 36 heavy (non-hydrogen) atoms. The quantitative estimate of drug-likeness (QED) is 0.428. The summed E-state index contributed by atoms with van der Waals surface area (Å²) in [5, 5.41) is 2.83. The van der Waals surface area contributed by atoms with Gasteiger partial charge in [-0.2, -0.15) is 0 Å². The molecule has 0 fully saturated rings. The van der Waals surface area contributed by atoms with Crippen LogP contribution in [0.5, 0.6) is 11.5 Å². The molecule has 0 bridgehead atoms. The first-order chi connectivity index (χ1) is 17.6. The molecular weight excluding hydrogens is 450 g/mol. The summed E-state index contributed by atoms with van der Waals surface area (Å²) in [6.45, 7) is 0. The SMILES string of the molecule is CN1C(=O)[C@H](NC(=O)Cc2ccc(Oc3ccccc3)cc2)N=C(c2ccccc2)c2ccccc21. The lowest BCUT2D eigenvalue weighted by atomic mass is 10.0. The average Bonchev–Trinajstić information content (AvgIpc) is 3.01. The molecule has 6 heteroatoms. The topological polar surface area (TPSA) is 71.0 Å². The zero-order chi connectivity index (χ0) is 24.9. The summed E-state index contributed by atoms with van der Waals surface area (Å²) in [4.78, 5) is 32.5. The average molecular weight is 476 g/mol. The first-order valence-corrected chi connectivity index (χ1v) is 11.7. The molecule has 2 amide bonds. The third kappa shape index (κ3) is 5.03. The molecule has 6 nitrogen and oxygen atoms in total. The van der Waals surface area contributed by atoms with Crippen LogP contribution < -0.4 is 15.0 Å². The van der Waals surface area contributed by atoms with Crippen LogP contribution in [-0.2, 0) is 16.0 Å². The van der Waals surface area contributed by atoms with Crippen molar-refractivity contribution in [2.75, 3.05) is 11.9 Å². The van der Waals surface area contributed by atoms with Gasteiger partial charge in [0.1, 0.15) is 11.5 Å². The number of rotatable bonds is 6. The molecule has 1 atom stereocenters. The number of likely N-dealkylation sites (N-methyl/N-ethyl adjacent to an activating group) is 1. The van der Waals surface area contributed by atoms with Crippen LogP contribution in [0.2, 0.25) is 0 Å². The van der Waals surface area contributed by atoms with E-state index in [9.17, 15) is 9.59 Å². The molecule has 4 aromatic carbocycles. The number of benzene rings is 4. The summed E-state index contributed by atoms with van der Waals surface area (Å²) in [5.41, 5.74) is 3.93. The van der Waals surface area contributed by atoms with Crippen LogP contribution in [0.15, 0.2) is 114 Å². The van der Waals surface area contributed by atoms with Crippen LogP contribution in [0.3, 0.4) is 0 Å². The fourth-order valence-electron chi connectivity index (χ4n) is 4.13. The molecule has 4 aromatic rings. The van der Waals surface area contributed by atoms with Crippen LogP contribution >= 0.6 is 0 Å². The molecule has 0 saturated carbocycles. The van der Waals surface area contributed by atoms with Crippen LogP contribution in [0.4, 0.5) is 5.69 Å². The predicted octanol–water partition coefficient (Wildman–Crippen LogP) is 4.98. The van der Waals surface area contributed by atoms with E-state index in [1.54, 1.807) is 11.9 Å². The molecule has 0 saturated heterocycles. The molecule has 0 aromatic heterocycles. The number of nitrogens with one attached hydrogen (secondary N) is 1. The maximum atomic E-state index is 13.3.